The van der Waals surface area contributed by atoms with Crippen LogP contribution in [0.15, 0.2) is 0 Å². The van der Waals surface area contributed by atoms with Gasteiger partial charge in [-0.15, -0.1) is 0 Å². The van der Waals surface area contributed by atoms with Crippen molar-refractivity contribution in [2.45, 2.75) is 25.7 Å². The Bertz CT molecular complexity index is 374. The van der Waals surface area contributed by atoms with Gasteiger partial charge in [-0.3, -0.25) is 0 Å². The van der Waals surface area contributed by atoms with Gasteiger partial charge in [-0.25, -0.2) is 4.72 Å². The van der Waals surface area contributed by atoms with Crippen molar-refractivity contribution in [2.75, 3.05) is 46.4 Å². The number of hydrogen-bond donors (Lipinski definition) is 2. The highest BCUT2D eigenvalue weighted by Crippen LogP contribution is 2.19. The maximum Gasteiger partial charge on any atom is 0.279 e. The average Bonchev–Trinajstić information content (AvgIpc) is 2.47. The van der Waals surface area contributed by atoms with Crippen LogP contribution in [0.1, 0.15) is 25.7 Å². The standard InChI is InChI=1S/C13H27N3O3S/c1-14-9-12-4-6-16(7-5-12)20(17,18)15-10-13-3-2-8-19-11-13/h12-15H,2-11H2,1H3. The Morgan fingerprint density at radius 1 is 1.15 bits per heavy atom. The smallest absolute Gasteiger partial charge is 0.279 e. The molecule has 0 aromatic heterocycles. The molecule has 2 rings (SSSR count). The van der Waals surface area contributed by atoms with Crippen molar-refractivity contribution >= 4 is 10.2 Å². The SMILES string of the molecule is CNCC1CCN(S(=O)(=O)NCC2CCCOC2)CC1. The van der Waals surface area contributed by atoms with Gasteiger partial charge in [-0.1, -0.05) is 0 Å². The zero-order valence-electron chi connectivity index (χ0n) is 12.3. The van der Waals surface area contributed by atoms with Gasteiger partial charge in [-0.05, 0) is 51.1 Å². The molecular weight excluding hydrogens is 278 g/mol. The lowest BCUT2D eigenvalue weighted by molar-refractivity contribution is 0.0566. The molecule has 2 aliphatic heterocycles. The van der Waals surface area contributed by atoms with E-state index < -0.39 is 10.2 Å². The molecule has 1 atom stereocenters. The van der Waals surface area contributed by atoms with Crippen LogP contribution in [-0.4, -0.2) is 59.2 Å². The van der Waals surface area contributed by atoms with Crippen LogP contribution in [-0.2, 0) is 14.9 Å². The minimum absolute atomic E-state index is 0.320. The normalized spacial score (nSPS) is 26.8. The van der Waals surface area contributed by atoms with Gasteiger partial charge < -0.3 is 10.1 Å². The summed E-state index contributed by atoms with van der Waals surface area (Å²) in [5.41, 5.74) is 0. The Labute approximate surface area is 122 Å². The van der Waals surface area contributed by atoms with E-state index >= 15 is 0 Å². The van der Waals surface area contributed by atoms with Crippen molar-refractivity contribution < 1.29 is 13.2 Å². The third-order valence-corrected chi connectivity index (χ3v) is 5.79. The molecule has 0 amide bonds. The maximum absolute atomic E-state index is 12.3. The van der Waals surface area contributed by atoms with E-state index in [4.69, 9.17) is 4.74 Å². The summed E-state index contributed by atoms with van der Waals surface area (Å²) in [5, 5.41) is 3.16. The Kier molecular flexibility index (Phi) is 6.22. The van der Waals surface area contributed by atoms with Crippen LogP contribution in [0.5, 0.6) is 0 Å². The number of nitrogens with one attached hydrogen (secondary N) is 2. The maximum atomic E-state index is 12.3. The van der Waals surface area contributed by atoms with E-state index in [1.165, 1.54) is 0 Å². The summed E-state index contributed by atoms with van der Waals surface area (Å²) in [6, 6.07) is 0. The summed E-state index contributed by atoms with van der Waals surface area (Å²) in [4.78, 5) is 0. The molecule has 0 spiro atoms. The molecule has 20 heavy (non-hydrogen) atoms. The molecule has 6 nitrogen and oxygen atoms in total. The lowest BCUT2D eigenvalue weighted by atomic mass is 9.98. The van der Waals surface area contributed by atoms with Crippen molar-refractivity contribution in [1.29, 1.82) is 0 Å². The summed E-state index contributed by atoms with van der Waals surface area (Å²) in [6.45, 7) is 4.21. The van der Waals surface area contributed by atoms with E-state index in [0.29, 0.717) is 38.1 Å². The van der Waals surface area contributed by atoms with E-state index in [-0.39, 0.29) is 0 Å². The number of nitrogens with zero attached hydrogens (tertiary/aromatic N) is 1. The summed E-state index contributed by atoms with van der Waals surface area (Å²) < 4.78 is 34.2. The summed E-state index contributed by atoms with van der Waals surface area (Å²) in [6.07, 6.45) is 3.96. The van der Waals surface area contributed by atoms with Crippen LogP contribution < -0.4 is 10.0 Å². The fraction of sp³-hybridized carbons (Fsp3) is 1.00. The van der Waals surface area contributed by atoms with E-state index in [1.807, 2.05) is 7.05 Å². The number of rotatable bonds is 6. The monoisotopic (exact) mass is 305 g/mol. The first kappa shape index (κ1) is 16.2. The van der Waals surface area contributed by atoms with Crippen LogP contribution >= 0.6 is 0 Å². The Morgan fingerprint density at radius 2 is 1.90 bits per heavy atom. The molecule has 118 valence electrons. The number of ether oxygens (including phenoxy) is 1. The van der Waals surface area contributed by atoms with Crippen LogP contribution in [0.3, 0.4) is 0 Å². The second-order valence-electron chi connectivity index (χ2n) is 5.84. The molecule has 0 aliphatic carbocycles. The van der Waals surface area contributed by atoms with Gasteiger partial charge in [0.2, 0.25) is 0 Å². The van der Waals surface area contributed by atoms with Crippen LogP contribution in [0.25, 0.3) is 0 Å². The van der Waals surface area contributed by atoms with E-state index in [2.05, 4.69) is 10.0 Å². The fourth-order valence-corrected chi connectivity index (χ4v) is 4.25. The molecule has 1 unspecified atom stereocenters. The summed E-state index contributed by atoms with van der Waals surface area (Å²) in [5.74, 6) is 0.915. The van der Waals surface area contributed by atoms with E-state index in [1.54, 1.807) is 4.31 Å². The molecule has 0 aromatic rings. The quantitative estimate of drug-likeness (QED) is 0.734. The molecule has 2 fully saturated rings. The van der Waals surface area contributed by atoms with E-state index in [0.717, 1.165) is 38.8 Å². The zero-order chi connectivity index (χ0) is 14.4. The van der Waals surface area contributed by atoms with Gasteiger partial charge in [0.15, 0.2) is 0 Å². The highest BCUT2D eigenvalue weighted by molar-refractivity contribution is 7.87. The number of piperidine rings is 1. The molecule has 2 heterocycles. The Hall–Kier alpha value is -0.210. The largest absolute Gasteiger partial charge is 0.381 e. The van der Waals surface area contributed by atoms with Crippen molar-refractivity contribution in [3.63, 3.8) is 0 Å². The first-order valence-corrected chi connectivity index (χ1v) is 9.03. The molecule has 0 aromatic carbocycles. The third-order valence-electron chi connectivity index (χ3n) is 4.22. The van der Waals surface area contributed by atoms with Crippen LogP contribution in [0.2, 0.25) is 0 Å². The molecule has 0 bridgehead atoms. The van der Waals surface area contributed by atoms with Gasteiger partial charge in [0.1, 0.15) is 0 Å². The van der Waals surface area contributed by atoms with Crippen molar-refractivity contribution in [1.82, 2.24) is 14.3 Å². The summed E-state index contributed by atoms with van der Waals surface area (Å²) in [7, 11) is -1.37. The van der Waals surface area contributed by atoms with Crippen molar-refractivity contribution in [3.8, 4) is 0 Å². The first-order valence-electron chi connectivity index (χ1n) is 7.59. The van der Waals surface area contributed by atoms with Gasteiger partial charge >= 0.3 is 0 Å². The molecule has 2 N–H and O–H groups in total. The predicted octanol–water partition coefficient (Wildman–Crippen LogP) is 0.179. The first-order chi connectivity index (χ1) is 9.62. The van der Waals surface area contributed by atoms with Gasteiger partial charge in [0.25, 0.3) is 10.2 Å². The molecule has 7 heteroatoms. The number of hydrogen-bond acceptors (Lipinski definition) is 4. The van der Waals surface area contributed by atoms with Crippen molar-refractivity contribution in [2.24, 2.45) is 11.8 Å². The second-order valence-corrected chi connectivity index (χ2v) is 7.59. The molecular formula is C13H27N3O3S. The molecule has 2 saturated heterocycles. The molecule has 0 saturated carbocycles. The van der Waals surface area contributed by atoms with Crippen LogP contribution in [0.4, 0.5) is 0 Å². The third kappa shape index (κ3) is 4.66. The van der Waals surface area contributed by atoms with Gasteiger partial charge in [0.05, 0.1) is 6.61 Å². The van der Waals surface area contributed by atoms with Gasteiger partial charge in [-0.2, -0.15) is 12.7 Å². The molecule has 2 aliphatic rings. The van der Waals surface area contributed by atoms with E-state index in [9.17, 15) is 8.42 Å². The Morgan fingerprint density at radius 3 is 2.50 bits per heavy atom. The Balaban J connectivity index is 1.75. The minimum Gasteiger partial charge on any atom is -0.381 e. The lowest BCUT2D eigenvalue weighted by Gasteiger charge is -2.31. The second kappa shape index (κ2) is 7.70. The van der Waals surface area contributed by atoms with Crippen molar-refractivity contribution in [3.05, 3.63) is 0 Å². The van der Waals surface area contributed by atoms with Gasteiger partial charge in [0, 0.05) is 26.2 Å². The highest BCUT2D eigenvalue weighted by Gasteiger charge is 2.28. The summed E-state index contributed by atoms with van der Waals surface area (Å²) >= 11 is 0. The average molecular weight is 305 g/mol. The fourth-order valence-electron chi connectivity index (χ4n) is 2.93. The zero-order valence-corrected chi connectivity index (χ0v) is 13.1. The minimum atomic E-state index is -3.31. The van der Waals surface area contributed by atoms with Crippen LogP contribution in [0, 0.1) is 11.8 Å². The highest BCUT2D eigenvalue weighted by atomic mass is 32.2. The predicted molar refractivity (Wildman–Crippen MR) is 78.7 cm³/mol. The molecule has 0 radical (unpaired) electrons. The topological polar surface area (TPSA) is 70.7 Å². The lowest BCUT2D eigenvalue weighted by Crippen LogP contribution is -2.47.